The molecular formula is C17H12FN2O2-. The van der Waals surface area contributed by atoms with E-state index in [9.17, 15) is 14.3 Å². The van der Waals surface area contributed by atoms with Crippen LogP contribution < -0.4 is 5.11 Å². The molecule has 0 aliphatic rings. The predicted octanol–water partition coefficient (Wildman–Crippen LogP) is 2.21. The number of hydrogen-bond donors (Lipinski definition) is 0. The van der Waals surface area contributed by atoms with Crippen molar-refractivity contribution >= 4 is 17.7 Å². The standard InChI is InChI=1S/C17H13FN2O2/c1-11-8-9-20-14(6-7-16(21)22)17(19-15(20)10-11)12-2-4-13(18)5-3-12/h2-10H,1H3,(H,21,22)/p-1/b7-6+. The second kappa shape index (κ2) is 5.44. The molecule has 0 atom stereocenters. The van der Waals surface area contributed by atoms with Crippen LogP contribution in [0.3, 0.4) is 0 Å². The Morgan fingerprint density at radius 3 is 2.68 bits per heavy atom. The SMILES string of the molecule is Cc1ccn2c(/C=C/C(=O)[O-])c(-c3ccc(F)cc3)nc2c1. The minimum atomic E-state index is -1.29. The van der Waals surface area contributed by atoms with Crippen molar-refractivity contribution in [3.05, 3.63) is 65.7 Å². The molecule has 0 radical (unpaired) electrons. The van der Waals surface area contributed by atoms with Crippen molar-refractivity contribution in [2.24, 2.45) is 0 Å². The first-order valence-electron chi connectivity index (χ1n) is 6.68. The number of carbonyl (C=O) groups is 1. The summed E-state index contributed by atoms with van der Waals surface area (Å²) in [6.07, 6.45) is 4.21. The van der Waals surface area contributed by atoms with Crippen molar-refractivity contribution in [2.75, 3.05) is 0 Å². The van der Waals surface area contributed by atoms with Gasteiger partial charge >= 0.3 is 0 Å². The van der Waals surface area contributed by atoms with Crippen LogP contribution in [0.25, 0.3) is 23.0 Å². The highest BCUT2D eigenvalue weighted by atomic mass is 19.1. The number of carboxylic acid groups (broad SMARTS) is 1. The number of carboxylic acids is 1. The highest BCUT2D eigenvalue weighted by molar-refractivity contribution is 5.86. The van der Waals surface area contributed by atoms with Gasteiger partial charge in [0.2, 0.25) is 0 Å². The zero-order valence-electron chi connectivity index (χ0n) is 11.8. The number of halogens is 1. The molecule has 2 aromatic heterocycles. The van der Waals surface area contributed by atoms with E-state index in [0.29, 0.717) is 22.6 Å². The van der Waals surface area contributed by atoms with Gasteiger partial charge in [-0.05, 0) is 61.0 Å². The summed E-state index contributed by atoms with van der Waals surface area (Å²) < 4.78 is 14.9. The third-order valence-electron chi connectivity index (χ3n) is 3.31. The number of carbonyl (C=O) groups excluding carboxylic acids is 1. The molecule has 0 saturated heterocycles. The second-order valence-corrected chi connectivity index (χ2v) is 4.94. The molecule has 3 aromatic rings. The third-order valence-corrected chi connectivity index (χ3v) is 3.31. The van der Waals surface area contributed by atoms with E-state index >= 15 is 0 Å². The van der Waals surface area contributed by atoms with Crippen molar-refractivity contribution in [3.8, 4) is 11.3 Å². The van der Waals surface area contributed by atoms with Crippen molar-refractivity contribution in [2.45, 2.75) is 6.92 Å². The predicted molar refractivity (Wildman–Crippen MR) is 79.4 cm³/mol. The van der Waals surface area contributed by atoms with Crippen LogP contribution in [0.1, 0.15) is 11.3 Å². The zero-order chi connectivity index (χ0) is 15.7. The van der Waals surface area contributed by atoms with E-state index in [2.05, 4.69) is 4.98 Å². The van der Waals surface area contributed by atoms with Gasteiger partial charge in [-0.3, -0.25) is 4.40 Å². The molecule has 2 heterocycles. The molecule has 22 heavy (non-hydrogen) atoms. The Labute approximate surface area is 126 Å². The summed E-state index contributed by atoms with van der Waals surface area (Å²) in [6, 6.07) is 9.71. The summed E-state index contributed by atoms with van der Waals surface area (Å²) in [6.45, 7) is 1.95. The van der Waals surface area contributed by atoms with Crippen molar-refractivity contribution in [1.82, 2.24) is 9.38 Å². The molecule has 0 spiro atoms. The van der Waals surface area contributed by atoms with Gasteiger partial charge in [-0.15, -0.1) is 0 Å². The largest absolute Gasteiger partial charge is 0.545 e. The molecule has 110 valence electrons. The highest BCUT2D eigenvalue weighted by Gasteiger charge is 2.12. The lowest BCUT2D eigenvalue weighted by Crippen LogP contribution is -2.18. The topological polar surface area (TPSA) is 57.4 Å². The maximum absolute atomic E-state index is 13.1. The summed E-state index contributed by atoms with van der Waals surface area (Å²) in [5.74, 6) is -1.62. The number of rotatable bonds is 3. The molecular weight excluding hydrogens is 283 g/mol. The number of benzene rings is 1. The average Bonchev–Trinajstić information content (AvgIpc) is 2.83. The van der Waals surface area contributed by atoms with Gasteiger partial charge in [0.05, 0.1) is 17.4 Å². The van der Waals surface area contributed by atoms with Gasteiger partial charge in [-0.2, -0.15) is 0 Å². The first kappa shape index (κ1) is 14.0. The van der Waals surface area contributed by atoms with Gasteiger partial charge in [0.1, 0.15) is 11.5 Å². The number of aromatic nitrogens is 2. The Bertz CT molecular complexity index is 880. The monoisotopic (exact) mass is 295 g/mol. The molecule has 0 fully saturated rings. The Balaban J connectivity index is 2.25. The number of pyridine rings is 1. The van der Waals surface area contributed by atoms with Crippen molar-refractivity contribution in [1.29, 1.82) is 0 Å². The van der Waals surface area contributed by atoms with Crippen LogP contribution in [0.4, 0.5) is 4.39 Å². The van der Waals surface area contributed by atoms with Gasteiger partial charge < -0.3 is 9.90 Å². The Morgan fingerprint density at radius 2 is 2.00 bits per heavy atom. The first-order chi connectivity index (χ1) is 10.5. The van der Waals surface area contributed by atoms with Crippen LogP contribution >= 0.6 is 0 Å². The number of nitrogens with zero attached hydrogens (tertiary/aromatic N) is 2. The van der Waals surface area contributed by atoms with E-state index in [1.807, 2.05) is 25.3 Å². The van der Waals surface area contributed by atoms with Crippen LogP contribution in [0, 0.1) is 12.7 Å². The average molecular weight is 295 g/mol. The lowest BCUT2D eigenvalue weighted by molar-refractivity contribution is -0.297. The summed E-state index contributed by atoms with van der Waals surface area (Å²) in [7, 11) is 0. The van der Waals surface area contributed by atoms with Crippen LogP contribution in [0.5, 0.6) is 0 Å². The molecule has 5 heteroatoms. The molecule has 0 saturated carbocycles. The summed E-state index contributed by atoms with van der Waals surface area (Å²) in [5, 5.41) is 10.7. The van der Waals surface area contributed by atoms with Gasteiger partial charge in [0, 0.05) is 11.8 Å². The van der Waals surface area contributed by atoms with Crippen molar-refractivity contribution < 1.29 is 14.3 Å². The minimum Gasteiger partial charge on any atom is -0.545 e. The smallest absolute Gasteiger partial charge is 0.138 e. The fourth-order valence-corrected chi connectivity index (χ4v) is 2.29. The second-order valence-electron chi connectivity index (χ2n) is 4.94. The van der Waals surface area contributed by atoms with E-state index in [4.69, 9.17) is 0 Å². The van der Waals surface area contributed by atoms with Crippen LogP contribution in [0.2, 0.25) is 0 Å². The lowest BCUT2D eigenvalue weighted by atomic mass is 10.1. The minimum absolute atomic E-state index is 0.338. The fraction of sp³-hybridized carbons (Fsp3) is 0.0588. The van der Waals surface area contributed by atoms with E-state index in [1.54, 1.807) is 16.5 Å². The quantitative estimate of drug-likeness (QED) is 0.696. The van der Waals surface area contributed by atoms with Gasteiger partial charge in [0.15, 0.2) is 0 Å². The molecule has 0 amide bonds. The molecule has 0 unspecified atom stereocenters. The van der Waals surface area contributed by atoms with E-state index in [-0.39, 0.29) is 5.82 Å². The van der Waals surface area contributed by atoms with Crippen LogP contribution in [-0.2, 0) is 4.79 Å². The van der Waals surface area contributed by atoms with Gasteiger partial charge in [-0.25, -0.2) is 9.37 Å². The number of aryl methyl sites for hydroxylation is 1. The molecule has 4 nitrogen and oxygen atoms in total. The molecule has 0 aliphatic carbocycles. The molecule has 0 aliphatic heterocycles. The zero-order valence-corrected chi connectivity index (χ0v) is 11.8. The maximum atomic E-state index is 13.1. The molecule has 0 N–H and O–H groups in total. The Kier molecular flexibility index (Phi) is 3.47. The number of hydrogen-bond acceptors (Lipinski definition) is 3. The van der Waals surface area contributed by atoms with Gasteiger partial charge in [0.25, 0.3) is 0 Å². The maximum Gasteiger partial charge on any atom is 0.138 e. The van der Waals surface area contributed by atoms with E-state index < -0.39 is 5.97 Å². The van der Waals surface area contributed by atoms with E-state index in [1.165, 1.54) is 18.2 Å². The Morgan fingerprint density at radius 1 is 1.27 bits per heavy atom. The summed E-state index contributed by atoms with van der Waals surface area (Å²) in [4.78, 5) is 15.2. The van der Waals surface area contributed by atoms with Crippen molar-refractivity contribution in [3.63, 3.8) is 0 Å². The highest BCUT2D eigenvalue weighted by Crippen LogP contribution is 2.26. The van der Waals surface area contributed by atoms with Gasteiger partial charge in [-0.1, -0.05) is 0 Å². The third kappa shape index (κ3) is 2.61. The van der Waals surface area contributed by atoms with E-state index in [0.717, 1.165) is 11.6 Å². The first-order valence-corrected chi connectivity index (χ1v) is 6.68. The Hall–Kier alpha value is -2.95. The number of aliphatic carboxylic acids is 1. The fourth-order valence-electron chi connectivity index (χ4n) is 2.29. The molecule has 0 bridgehead atoms. The molecule has 3 rings (SSSR count). The van der Waals surface area contributed by atoms with Crippen LogP contribution in [-0.4, -0.2) is 15.4 Å². The normalized spacial score (nSPS) is 11.4. The number of fused-ring (bicyclic) bond motifs is 1. The lowest BCUT2D eigenvalue weighted by Gasteiger charge is -2.02. The summed E-state index contributed by atoms with van der Waals surface area (Å²) in [5.41, 5.74) is 3.63. The molecule has 1 aromatic carbocycles. The van der Waals surface area contributed by atoms with Crippen LogP contribution in [0.15, 0.2) is 48.7 Å². The summed E-state index contributed by atoms with van der Waals surface area (Å²) >= 11 is 0. The number of imidazole rings is 1.